The Morgan fingerprint density at radius 3 is 2.40 bits per heavy atom. The minimum atomic E-state index is -0.195. The molecule has 4 nitrogen and oxygen atoms in total. The van der Waals surface area contributed by atoms with Gasteiger partial charge in [0.15, 0.2) is 0 Å². The van der Waals surface area contributed by atoms with Gasteiger partial charge in [0.1, 0.15) is 0 Å². The number of halogens is 1. The second-order valence-electron chi connectivity index (χ2n) is 5.96. The van der Waals surface area contributed by atoms with Crippen LogP contribution in [0.2, 0.25) is 5.02 Å². The van der Waals surface area contributed by atoms with Crippen LogP contribution >= 0.6 is 11.6 Å². The normalized spacial score (nSPS) is 26.4. The molecule has 1 heterocycles. The zero-order valence-electron chi connectivity index (χ0n) is 11.2. The number of nitrogens with zero attached hydrogens (tertiary/aromatic N) is 2. The molecule has 5 heteroatoms. The Labute approximate surface area is 121 Å². The molecule has 2 atom stereocenters. The van der Waals surface area contributed by atoms with Gasteiger partial charge in [0.2, 0.25) is 11.8 Å². The Kier molecular flexibility index (Phi) is 2.67. The lowest BCUT2D eigenvalue weighted by Crippen LogP contribution is -2.35. The first-order chi connectivity index (χ1) is 9.37. The van der Waals surface area contributed by atoms with Crippen molar-refractivity contribution in [1.82, 2.24) is 4.90 Å². The first-order valence-electron chi connectivity index (χ1n) is 6.41. The van der Waals surface area contributed by atoms with Crippen LogP contribution in [-0.2, 0) is 16.1 Å². The highest BCUT2D eigenvalue weighted by molar-refractivity contribution is 6.31. The van der Waals surface area contributed by atoms with E-state index in [4.69, 9.17) is 16.9 Å². The molecule has 0 bridgehead atoms. The third-order valence-corrected chi connectivity index (χ3v) is 4.75. The Morgan fingerprint density at radius 1 is 1.30 bits per heavy atom. The minimum absolute atomic E-state index is 0.106. The Bertz CT molecular complexity index is 651. The van der Waals surface area contributed by atoms with Gasteiger partial charge in [-0.15, -0.1) is 0 Å². The van der Waals surface area contributed by atoms with Crippen LogP contribution in [0, 0.1) is 28.6 Å². The topological polar surface area (TPSA) is 61.2 Å². The zero-order valence-corrected chi connectivity index (χ0v) is 11.9. The second-order valence-corrected chi connectivity index (χ2v) is 6.36. The molecule has 2 aliphatic rings. The first kappa shape index (κ1) is 13.1. The van der Waals surface area contributed by atoms with Crippen molar-refractivity contribution in [3.8, 4) is 6.07 Å². The van der Waals surface area contributed by atoms with Gasteiger partial charge >= 0.3 is 0 Å². The first-order valence-corrected chi connectivity index (χ1v) is 6.79. The third-order valence-electron chi connectivity index (χ3n) is 4.40. The van der Waals surface area contributed by atoms with Crippen molar-refractivity contribution >= 4 is 23.4 Å². The van der Waals surface area contributed by atoms with E-state index in [0.29, 0.717) is 16.1 Å². The van der Waals surface area contributed by atoms with E-state index >= 15 is 0 Å². The molecular weight excluding hydrogens is 276 g/mol. The smallest absolute Gasteiger partial charge is 0.233 e. The summed E-state index contributed by atoms with van der Waals surface area (Å²) in [5.74, 6) is -0.560. The van der Waals surface area contributed by atoms with Crippen LogP contribution in [0.4, 0.5) is 0 Å². The number of carbonyl (C=O) groups excluding carboxylic acids is 2. The molecule has 1 aromatic rings. The third kappa shape index (κ3) is 1.66. The summed E-state index contributed by atoms with van der Waals surface area (Å²) in [6.45, 7) is 4.08. The average Bonchev–Trinajstić information content (AvgIpc) is 2.87. The van der Waals surface area contributed by atoms with E-state index < -0.39 is 0 Å². The summed E-state index contributed by atoms with van der Waals surface area (Å²) in [7, 11) is 0. The lowest BCUT2D eigenvalue weighted by molar-refractivity contribution is -0.143. The van der Waals surface area contributed by atoms with Crippen LogP contribution in [0.5, 0.6) is 0 Å². The highest BCUT2D eigenvalue weighted by atomic mass is 35.5. The van der Waals surface area contributed by atoms with Crippen molar-refractivity contribution in [2.45, 2.75) is 20.4 Å². The van der Waals surface area contributed by atoms with Gasteiger partial charge in [-0.25, -0.2) is 0 Å². The van der Waals surface area contributed by atoms with Gasteiger partial charge in [-0.2, -0.15) is 5.26 Å². The summed E-state index contributed by atoms with van der Waals surface area (Å²) in [5, 5.41) is 9.20. The van der Waals surface area contributed by atoms with Gasteiger partial charge in [-0.3, -0.25) is 14.5 Å². The molecule has 20 heavy (non-hydrogen) atoms. The summed E-state index contributed by atoms with van der Waals surface area (Å²) >= 11 is 6.09. The maximum Gasteiger partial charge on any atom is 0.233 e. The van der Waals surface area contributed by atoms with E-state index in [1.165, 1.54) is 4.90 Å². The molecule has 1 saturated carbocycles. The number of benzene rings is 1. The highest BCUT2D eigenvalue weighted by Crippen LogP contribution is 2.63. The van der Waals surface area contributed by atoms with Crippen molar-refractivity contribution < 1.29 is 9.59 Å². The molecule has 1 saturated heterocycles. The summed E-state index contributed by atoms with van der Waals surface area (Å²) in [6.07, 6.45) is 0. The molecule has 2 unspecified atom stereocenters. The lowest BCUT2D eigenvalue weighted by atomic mass is 10.0. The van der Waals surface area contributed by atoms with Gasteiger partial charge in [0, 0.05) is 5.02 Å². The monoisotopic (exact) mass is 288 g/mol. The quantitative estimate of drug-likeness (QED) is 0.785. The zero-order chi connectivity index (χ0) is 14.7. The van der Waals surface area contributed by atoms with Crippen LogP contribution in [0.1, 0.15) is 25.0 Å². The van der Waals surface area contributed by atoms with Crippen molar-refractivity contribution in [1.29, 1.82) is 5.26 Å². The SMILES string of the molecule is CC1(C)C2C(=O)N(Cc3ccc(C#N)cc3Cl)C(=O)C21. The molecule has 102 valence electrons. The second kappa shape index (κ2) is 4.07. The van der Waals surface area contributed by atoms with Gasteiger partial charge in [0.25, 0.3) is 0 Å². The molecule has 1 aliphatic heterocycles. The molecule has 2 fully saturated rings. The lowest BCUT2D eigenvalue weighted by Gasteiger charge is -2.21. The number of amides is 2. The number of hydrogen-bond donors (Lipinski definition) is 0. The van der Waals surface area contributed by atoms with E-state index in [1.807, 2.05) is 19.9 Å². The van der Waals surface area contributed by atoms with Crippen LogP contribution in [0.15, 0.2) is 18.2 Å². The van der Waals surface area contributed by atoms with E-state index in [0.717, 1.165) is 0 Å². The number of fused-ring (bicyclic) bond motifs is 1. The number of rotatable bonds is 2. The van der Waals surface area contributed by atoms with E-state index in [-0.39, 0.29) is 35.6 Å². The Balaban J connectivity index is 1.82. The van der Waals surface area contributed by atoms with Crippen LogP contribution < -0.4 is 0 Å². The van der Waals surface area contributed by atoms with Gasteiger partial charge < -0.3 is 0 Å². The molecule has 3 rings (SSSR count). The number of imide groups is 1. The van der Waals surface area contributed by atoms with Crippen molar-refractivity contribution in [2.75, 3.05) is 0 Å². The van der Waals surface area contributed by atoms with E-state index in [9.17, 15) is 9.59 Å². The van der Waals surface area contributed by atoms with Gasteiger partial charge in [0.05, 0.1) is 30.0 Å². The molecule has 1 aromatic carbocycles. The largest absolute Gasteiger partial charge is 0.278 e. The predicted octanol–water partition coefficient (Wildman–Crippen LogP) is 2.35. The molecule has 2 amide bonds. The van der Waals surface area contributed by atoms with E-state index in [1.54, 1.807) is 18.2 Å². The Hall–Kier alpha value is -1.86. The fourth-order valence-electron chi connectivity index (χ4n) is 3.08. The van der Waals surface area contributed by atoms with Crippen LogP contribution in [0.25, 0.3) is 0 Å². The number of carbonyl (C=O) groups is 2. The standard InChI is InChI=1S/C15H13ClN2O2/c1-15(2)11-12(15)14(20)18(13(11)19)7-9-4-3-8(6-17)5-10(9)16/h3-5,11-12H,7H2,1-2H3. The van der Waals surface area contributed by atoms with Gasteiger partial charge in [-0.05, 0) is 23.1 Å². The molecule has 0 spiro atoms. The van der Waals surface area contributed by atoms with Crippen molar-refractivity contribution in [3.63, 3.8) is 0 Å². The average molecular weight is 289 g/mol. The number of likely N-dealkylation sites (tertiary alicyclic amines) is 1. The summed E-state index contributed by atoms with van der Waals surface area (Å²) < 4.78 is 0. The van der Waals surface area contributed by atoms with Gasteiger partial charge in [-0.1, -0.05) is 31.5 Å². The summed E-state index contributed by atoms with van der Waals surface area (Å²) in [4.78, 5) is 25.7. The molecule has 1 aliphatic carbocycles. The van der Waals surface area contributed by atoms with E-state index in [2.05, 4.69) is 0 Å². The van der Waals surface area contributed by atoms with Crippen LogP contribution in [-0.4, -0.2) is 16.7 Å². The number of nitriles is 1. The Morgan fingerprint density at radius 2 is 1.90 bits per heavy atom. The maximum absolute atomic E-state index is 12.2. The molecule has 0 radical (unpaired) electrons. The van der Waals surface area contributed by atoms with Crippen molar-refractivity contribution in [2.24, 2.45) is 17.3 Å². The number of hydrogen-bond acceptors (Lipinski definition) is 3. The summed E-state index contributed by atoms with van der Waals surface area (Å²) in [6, 6.07) is 6.87. The predicted molar refractivity (Wildman–Crippen MR) is 72.5 cm³/mol. The maximum atomic E-state index is 12.2. The van der Waals surface area contributed by atoms with Crippen LogP contribution in [0.3, 0.4) is 0 Å². The molecule has 0 aromatic heterocycles. The minimum Gasteiger partial charge on any atom is -0.278 e. The van der Waals surface area contributed by atoms with Crippen molar-refractivity contribution in [3.05, 3.63) is 34.3 Å². The summed E-state index contributed by atoms with van der Waals surface area (Å²) in [5.41, 5.74) is 0.951. The fraction of sp³-hybridized carbons (Fsp3) is 0.400. The molecular formula is C15H13ClN2O2. The molecule has 0 N–H and O–H groups in total. The number of piperidine rings is 1. The highest BCUT2D eigenvalue weighted by Gasteiger charge is 2.72. The fourth-order valence-corrected chi connectivity index (χ4v) is 3.32.